The normalized spacial score (nSPS) is 16.8. The van der Waals surface area contributed by atoms with Crippen molar-refractivity contribution in [3.8, 4) is 0 Å². The van der Waals surface area contributed by atoms with Crippen LogP contribution in [-0.2, 0) is 24.2 Å². The lowest BCUT2D eigenvalue weighted by Crippen LogP contribution is -2.32. The highest BCUT2D eigenvalue weighted by Gasteiger charge is 2.22. The molecule has 0 radical (unpaired) electrons. The Bertz CT molecular complexity index is 760. The summed E-state index contributed by atoms with van der Waals surface area (Å²) in [5.41, 5.74) is 5.81. The van der Waals surface area contributed by atoms with E-state index in [1.165, 1.54) is 11.1 Å². The van der Waals surface area contributed by atoms with E-state index in [9.17, 15) is 4.79 Å². The average Bonchev–Trinajstić information content (AvgIpc) is 2.82. The van der Waals surface area contributed by atoms with Gasteiger partial charge in [0.25, 0.3) is 0 Å². The van der Waals surface area contributed by atoms with E-state index in [-0.39, 0.29) is 11.9 Å². The molecule has 1 aliphatic rings. The van der Waals surface area contributed by atoms with E-state index >= 15 is 0 Å². The van der Waals surface area contributed by atoms with Gasteiger partial charge in [-0.05, 0) is 50.2 Å². The molecule has 1 atom stereocenters. The molecule has 1 amide bonds. The zero-order chi connectivity index (χ0) is 18.0. The van der Waals surface area contributed by atoms with Gasteiger partial charge in [0.1, 0.15) is 0 Å². The van der Waals surface area contributed by atoms with Crippen molar-refractivity contribution < 1.29 is 4.79 Å². The van der Waals surface area contributed by atoms with Crippen molar-refractivity contribution in [3.05, 3.63) is 52.3 Å². The van der Waals surface area contributed by atoms with Crippen molar-refractivity contribution in [1.82, 2.24) is 15.1 Å². The van der Waals surface area contributed by atoms with Crippen LogP contribution in [0.2, 0.25) is 0 Å². The highest BCUT2D eigenvalue weighted by Crippen LogP contribution is 2.29. The molecule has 0 fully saturated rings. The maximum Gasteiger partial charge on any atom is 0.225 e. The highest BCUT2D eigenvalue weighted by molar-refractivity contribution is 5.79. The summed E-state index contributed by atoms with van der Waals surface area (Å²) >= 11 is 0. The molecule has 1 heterocycles. The Morgan fingerprint density at radius 2 is 2.08 bits per heavy atom. The Labute approximate surface area is 150 Å². The standard InChI is InChI=1S/C21H29N3O/c1-14(2)13-24-16(4)19(15(3)23-24)12-21(25)22-20-11-7-9-17-8-5-6-10-18(17)20/h5-6,8,10,14,20H,7,9,11-13H2,1-4H3,(H,22,25)/t20-/m0/s1. The van der Waals surface area contributed by atoms with E-state index in [0.29, 0.717) is 12.3 Å². The molecule has 3 rings (SSSR count). The molecule has 0 saturated heterocycles. The van der Waals surface area contributed by atoms with Crippen LogP contribution in [0, 0.1) is 19.8 Å². The van der Waals surface area contributed by atoms with Gasteiger partial charge in [-0.2, -0.15) is 5.10 Å². The van der Waals surface area contributed by atoms with E-state index in [4.69, 9.17) is 0 Å². The van der Waals surface area contributed by atoms with Crippen LogP contribution in [0.1, 0.15) is 60.8 Å². The first-order chi connectivity index (χ1) is 12.0. The molecule has 4 nitrogen and oxygen atoms in total. The molecule has 1 aliphatic carbocycles. The van der Waals surface area contributed by atoms with Gasteiger partial charge in [0.15, 0.2) is 0 Å². The third-order valence-electron chi connectivity index (χ3n) is 5.11. The summed E-state index contributed by atoms with van der Waals surface area (Å²) in [5, 5.41) is 7.87. The topological polar surface area (TPSA) is 46.9 Å². The SMILES string of the molecule is Cc1nn(CC(C)C)c(C)c1CC(=O)N[C@H]1CCCc2ccccc21. The lowest BCUT2D eigenvalue weighted by molar-refractivity contribution is -0.121. The quantitative estimate of drug-likeness (QED) is 0.898. The number of hydrogen-bond acceptors (Lipinski definition) is 2. The summed E-state index contributed by atoms with van der Waals surface area (Å²) in [7, 11) is 0. The monoisotopic (exact) mass is 339 g/mol. The van der Waals surface area contributed by atoms with Crippen LogP contribution in [0.4, 0.5) is 0 Å². The molecular formula is C21H29N3O. The predicted octanol–water partition coefficient (Wildman–Crippen LogP) is 3.89. The summed E-state index contributed by atoms with van der Waals surface area (Å²) in [6.45, 7) is 9.33. The molecule has 1 N–H and O–H groups in total. The lowest BCUT2D eigenvalue weighted by atomic mass is 9.87. The third-order valence-corrected chi connectivity index (χ3v) is 5.11. The second kappa shape index (κ2) is 7.42. The second-order valence-corrected chi connectivity index (χ2v) is 7.61. The van der Waals surface area contributed by atoms with Gasteiger partial charge in [-0.1, -0.05) is 38.1 Å². The van der Waals surface area contributed by atoms with Gasteiger partial charge in [0, 0.05) is 17.8 Å². The zero-order valence-electron chi connectivity index (χ0n) is 15.8. The number of fused-ring (bicyclic) bond motifs is 1. The molecule has 0 spiro atoms. The van der Waals surface area contributed by atoms with E-state index in [1.54, 1.807) is 0 Å². The molecule has 0 saturated carbocycles. The minimum absolute atomic E-state index is 0.0944. The summed E-state index contributed by atoms with van der Waals surface area (Å²) in [6.07, 6.45) is 3.68. The van der Waals surface area contributed by atoms with Gasteiger partial charge in [0.05, 0.1) is 18.2 Å². The number of rotatable bonds is 5. The molecule has 2 aromatic rings. The average molecular weight is 339 g/mol. The van der Waals surface area contributed by atoms with Gasteiger partial charge in [0.2, 0.25) is 5.91 Å². The number of carbonyl (C=O) groups is 1. The highest BCUT2D eigenvalue weighted by atomic mass is 16.1. The van der Waals surface area contributed by atoms with E-state index in [2.05, 4.69) is 55.5 Å². The van der Waals surface area contributed by atoms with Crippen molar-refractivity contribution in [2.24, 2.45) is 5.92 Å². The molecular weight excluding hydrogens is 310 g/mol. The van der Waals surface area contributed by atoms with Gasteiger partial charge in [-0.3, -0.25) is 9.48 Å². The Morgan fingerprint density at radius 3 is 2.84 bits per heavy atom. The molecule has 0 bridgehead atoms. The van der Waals surface area contributed by atoms with Crippen molar-refractivity contribution in [2.75, 3.05) is 0 Å². The van der Waals surface area contributed by atoms with E-state index < -0.39 is 0 Å². The van der Waals surface area contributed by atoms with E-state index in [0.717, 1.165) is 42.8 Å². The Morgan fingerprint density at radius 1 is 1.32 bits per heavy atom. The number of hydrogen-bond donors (Lipinski definition) is 1. The lowest BCUT2D eigenvalue weighted by Gasteiger charge is -2.26. The molecule has 1 aromatic heterocycles. The Hall–Kier alpha value is -2.10. The van der Waals surface area contributed by atoms with Crippen LogP contribution in [0.3, 0.4) is 0 Å². The van der Waals surface area contributed by atoms with Gasteiger partial charge >= 0.3 is 0 Å². The third kappa shape index (κ3) is 3.94. The van der Waals surface area contributed by atoms with Crippen LogP contribution in [-0.4, -0.2) is 15.7 Å². The van der Waals surface area contributed by atoms with Crippen molar-refractivity contribution in [3.63, 3.8) is 0 Å². The van der Waals surface area contributed by atoms with Gasteiger partial charge in [-0.15, -0.1) is 0 Å². The number of amides is 1. The number of aryl methyl sites for hydroxylation is 2. The van der Waals surface area contributed by atoms with Crippen LogP contribution >= 0.6 is 0 Å². The minimum atomic E-state index is 0.0944. The summed E-state index contributed by atoms with van der Waals surface area (Å²) in [5.74, 6) is 0.635. The summed E-state index contributed by atoms with van der Waals surface area (Å²) in [4.78, 5) is 12.7. The van der Waals surface area contributed by atoms with Crippen LogP contribution in [0.15, 0.2) is 24.3 Å². The first-order valence-electron chi connectivity index (χ1n) is 9.35. The number of benzene rings is 1. The summed E-state index contributed by atoms with van der Waals surface area (Å²) < 4.78 is 2.04. The fraction of sp³-hybridized carbons (Fsp3) is 0.524. The number of nitrogens with zero attached hydrogens (tertiary/aromatic N) is 2. The molecule has 0 unspecified atom stereocenters. The predicted molar refractivity (Wildman–Crippen MR) is 101 cm³/mol. The number of carbonyl (C=O) groups excluding carboxylic acids is 1. The molecule has 134 valence electrons. The molecule has 0 aliphatic heterocycles. The smallest absolute Gasteiger partial charge is 0.225 e. The fourth-order valence-corrected chi connectivity index (χ4v) is 3.82. The number of aromatic nitrogens is 2. The van der Waals surface area contributed by atoms with Crippen LogP contribution in [0.25, 0.3) is 0 Å². The number of nitrogens with one attached hydrogen (secondary N) is 1. The van der Waals surface area contributed by atoms with Gasteiger partial charge in [-0.25, -0.2) is 0 Å². The zero-order valence-corrected chi connectivity index (χ0v) is 15.8. The first-order valence-corrected chi connectivity index (χ1v) is 9.35. The van der Waals surface area contributed by atoms with Crippen molar-refractivity contribution >= 4 is 5.91 Å². The molecule has 1 aromatic carbocycles. The minimum Gasteiger partial charge on any atom is -0.349 e. The van der Waals surface area contributed by atoms with Crippen molar-refractivity contribution in [1.29, 1.82) is 0 Å². The maximum atomic E-state index is 12.7. The second-order valence-electron chi connectivity index (χ2n) is 7.61. The Balaban J connectivity index is 1.71. The summed E-state index contributed by atoms with van der Waals surface area (Å²) in [6, 6.07) is 8.62. The maximum absolute atomic E-state index is 12.7. The van der Waals surface area contributed by atoms with E-state index in [1.807, 2.05) is 11.6 Å². The molecule has 4 heteroatoms. The van der Waals surface area contributed by atoms with Crippen molar-refractivity contribution in [2.45, 2.75) is 66.0 Å². The van der Waals surface area contributed by atoms with Gasteiger partial charge < -0.3 is 5.32 Å². The molecule has 25 heavy (non-hydrogen) atoms. The fourth-order valence-electron chi connectivity index (χ4n) is 3.82. The van der Waals surface area contributed by atoms with Crippen LogP contribution < -0.4 is 5.32 Å². The first kappa shape index (κ1) is 17.7. The Kier molecular flexibility index (Phi) is 5.26. The largest absolute Gasteiger partial charge is 0.349 e. The van der Waals surface area contributed by atoms with Crippen LogP contribution in [0.5, 0.6) is 0 Å².